The Kier molecular flexibility index (Phi) is 4.00. The molecule has 5 rings (SSSR count). The minimum atomic E-state index is -0.408. The maximum absolute atomic E-state index is 11.3. The lowest BCUT2D eigenvalue weighted by Crippen LogP contribution is -1.98. The van der Waals surface area contributed by atoms with E-state index in [2.05, 4.69) is 4.98 Å². The first-order valence-electron chi connectivity index (χ1n) is 8.89. The van der Waals surface area contributed by atoms with E-state index in [1.165, 1.54) is 12.1 Å². The Labute approximate surface area is 170 Å². The van der Waals surface area contributed by atoms with Crippen molar-refractivity contribution in [3.05, 3.63) is 94.1 Å². The van der Waals surface area contributed by atoms with Gasteiger partial charge in [-0.1, -0.05) is 48.0 Å². The highest BCUT2D eigenvalue weighted by Gasteiger charge is 2.18. The molecule has 29 heavy (non-hydrogen) atoms. The summed E-state index contributed by atoms with van der Waals surface area (Å²) in [5.74, 6) is 0. The average Bonchev–Trinajstić information content (AvgIpc) is 3.14. The molecule has 0 radical (unpaired) electrons. The Morgan fingerprint density at radius 3 is 2.52 bits per heavy atom. The van der Waals surface area contributed by atoms with E-state index in [1.54, 1.807) is 23.0 Å². The van der Waals surface area contributed by atoms with E-state index in [-0.39, 0.29) is 5.69 Å². The predicted octanol–water partition coefficient (Wildman–Crippen LogP) is 5.80. The number of non-ortho nitro benzene ring substituents is 1. The summed E-state index contributed by atoms with van der Waals surface area (Å²) in [7, 11) is 0. The Morgan fingerprint density at radius 1 is 0.931 bits per heavy atom. The number of nitro groups is 1. The molecule has 0 amide bonds. The molecule has 0 saturated heterocycles. The highest BCUT2D eigenvalue weighted by atomic mass is 35.5. The quantitative estimate of drug-likeness (QED) is 0.283. The molecule has 3 aromatic carbocycles. The molecule has 0 saturated carbocycles. The standard InChI is InChI=1S/C22H13ClN4O2/c23-15-10-8-14(9-11-15)21-19-13-24-20-7-2-1-6-18(20)22(19)26(25-21)16-4-3-5-17(12-16)27(28)29/h1-13H. The lowest BCUT2D eigenvalue weighted by atomic mass is 10.1. The van der Waals surface area contributed by atoms with E-state index < -0.39 is 4.92 Å². The van der Waals surface area contributed by atoms with Crippen LogP contribution >= 0.6 is 11.6 Å². The Balaban J connectivity index is 1.87. The van der Waals surface area contributed by atoms with Crippen molar-refractivity contribution in [1.82, 2.24) is 14.8 Å². The first-order chi connectivity index (χ1) is 14.1. The van der Waals surface area contributed by atoms with Gasteiger partial charge in [-0.2, -0.15) is 5.10 Å². The fourth-order valence-corrected chi connectivity index (χ4v) is 3.60. The van der Waals surface area contributed by atoms with E-state index in [0.717, 1.165) is 33.1 Å². The van der Waals surface area contributed by atoms with E-state index >= 15 is 0 Å². The monoisotopic (exact) mass is 400 g/mol. The van der Waals surface area contributed by atoms with E-state index in [1.807, 2.05) is 48.5 Å². The van der Waals surface area contributed by atoms with Crippen LogP contribution in [0.25, 0.3) is 38.8 Å². The number of halogens is 1. The van der Waals surface area contributed by atoms with Crippen molar-refractivity contribution in [2.75, 3.05) is 0 Å². The fourth-order valence-electron chi connectivity index (χ4n) is 3.48. The number of pyridine rings is 1. The topological polar surface area (TPSA) is 73.8 Å². The summed E-state index contributed by atoms with van der Waals surface area (Å²) in [5, 5.41) is 18.5. The molecule has 0 aliphatic carbocycles. The molecular formula is C22H13ClN4O2. The van der Waals surface area contributed by atoms with Gasteiger partial charge in [0.1, 0.15) is 5.69 Å². The average molecular weight is 401 g/mol. The molecule has 5 aromatic rings. The summed E-state index contributed by atoms with van der Waals surface area (Å²) in [6.45, 7) is 0. The van der Waals surface area contributed by atoms with Crippen molar-refractivity contribution in [3.8, 4) is 16.9 Å². The SMILES string of the molecule is O=[N+]([O-])c1cccc(-n2nc(-c3ccc(Cl)cc3)c3cnc4ccccc4c32)c1. The van der Waals surface area contributed by atoms with E-state index in [0.29, 0.717) is 10.7 Å². The molecule has 0 aliphatic rings. The van der Waals surface area contributed by atoms with Crippen LogP contribution in [0.4, 0.5) is 5.69 Å². The molecule has 0 bridgehead atoms. The predicted molar refractivity (Wildman–Crippen MR) is 113 cm³/mol. The maximum Gasteiger partial charge on any atom is 0.271 e. The normalized spacial score (nSPS) is 11.2. The summed E-state index contributed by atoms with van der Waals surface area (Å²) in [6.07, 6.45) is 1.79. The number of aromatic nitrogens is 3. The van der Waals surface area contributed by atoms with Crippen LogP contribution in [0, 0.1) is 10.1 Å². The van der Waals surface area contributed by atoms with Gasteiger partial charge in [-0.3, -0.25) is 15.1 Å². The summed E-state index contributed by atoms with van der Waals surface area (Å²) in [6, 6.07) is 21.6. The summed E-state index contributed by atoms with van der Waals surface area (Å²) in [4.78, 5) is 15.4. The minimum Gasteiger partial charge on any atom is -0.258 e. The van der Waals surface area contributed by atoms with Gasteiger partial charge < -0.3 is 0 Å². The highest BCUT2D eigenvalue weighted by Crippen LogP contribution is 2.34. The Morgan fingerprint density at radius 2 is 1.72 bits per heavy atom. The van der Waals surface area contributed by atoms with Gasteiger partial charge in [0, 0.05) is 39.7 Å². The van der Waals surface area contributed by atoms with Crippen LogP contribution in [-0.4, -0.2) is 19.7 Å². The lowest BCUT2D eigenvalue weighted by Gasteiger charge is -2.05. The van der Waals surface area contributed by atoms with Crippen molar-refractivity contribution >= 4 is 39.1 Å². The summed E-state index contributed by atoms with van der Waals surface area (Å²) in [5.41, 5.74) is 3.93. The molecule has 140 valence electrons. The number of nitrogens with zero attached hydrogens (tertiary/aromatic N) is 4. The number of fused-ring (bicyclic) bond motifs is 3. The van der Waals surface area contributed by atoms with Crippen molar-refractivity contribution in [2.45, 2.75) is 0 Å². The molecule has 7 heteroatoms. The van der Waals surface area contributed by atoms with Gasteiger partial charge in [-0.15, -0.1) is 0 Å². The number of rotatable bonds is 3. The van der Waals surface area contributed by atoms with Crippen LogP contribution in [0.2, 0.25) is 5.02 Å². The zero-order valence-electron chi connectivity index (χ0n) is 15.0. The van der Waals surface area contributed by atoms with Gasteiger partial charge in [-0.25, -0.2) is 4.68 Å². The number of nitro benzene ring substituents is 1. The van der Waals surface area contributed by atoms with Crippen LogP contribution in [0.3, 0.4) is 0 Å². The maximum atomic E-state index is 11.3. The molecule has 6 nitrogen and oxygen atoms in total. The second kappa shape index (κ2) is 6.68. The number of benzene rings is 3. The second-order valence-corrected chi connectivity index (χ2v) is 7.02. The van der Waals surface area contributed by atoms with Crippen LogP contribution in [0.1, 0.15) is 0 Å². The Hall–Kier alpha value is -3.77. The zero-order valence-corrected chi connectivity index (χ0v) is 15.7. The van der Waals surface area contributed by atoms with Crippen LogP contribution in [-0.2, 0) is 0 Å². The fraction of sp³-hybridized carbons (Fsp3) is 0. The number of hydrogen-bond acceptors (Lipinski definition) is 4. The van der Waals surface area contributed by atoms with Crippen molar-refractivity contribution in [3.63, 3.8) is 0 Å². The molecule has 0 unspecified atom stereocenters. The van der Waals surface area contributed by atoms with Crippen LogP contribution in [0.15, 0.2) is 79.0 Å². The van der Waals surface area contributed by atoms with E-state index in [4.69, 9.17) is 16.7 Å². The highest BCUT2D eigenvalue weighted by molar-refractivity contribution is 6.30. The lowest BCUT2D eigenvalue weighted by molar-refractivity contribution is -0.384. The van der Waals surface area contributed by atoms with Crippen LogP contribution < -0.4 is 0 Å². The molecule has 0 atom stereocenters. The van der Waals surface area contributed by atoms with Gasteiger partial charge in [0.05, 0.1) is 21.6 Å². The molecule has 0 aliphatic heterocycles. The molecular weight excluding hydrogens is 388 g/mol. The number of para-hydroxylation sites is 1. The summed E-state index contributed by atoms with van der Waals surface area (Å²) < 4.78 is 1.75. The second-order valence-electron chi connectivity index (χ2n) is 6.58. The van der Waals surface area contributed by atoms with Gasteiger partial charge in [0.15, 0.2) is 0 Å². The molecule has 2 heterocycles. The largest absolute Gasteiger partial charge is 0.271 e. The molecule has 0 spiro atoms. The van der Waals surface area contributed by atoms with Gasteiger partial charge in [0.2, 0.25) is 0 Å². The molecule has 0 fully saturated rings. The van der Waals surface area contributed by atoms with E-state index in [9.17, 15) is 10.1 Å². The van der Waals surface area contributed by atoms with Gasteiger partial charge >= 0.3 is 0 Å². The first-order valence-corrected chi connectivity index (χ1v) is 9.27. The zero-order chi connectivity index (χ0) is 20.0. The van der Waals surface area contributed by atoms with Crippen molar-refractivity contribution in [2.24, 2.45) is 0 Å². The van der Waals surface area contributed by atoms with Gasteiger partial charge in [-0.05, 0) is 24.3 Å². The smallest absolute Gasteiger partial charge is 0.258 e. The molecule has 2 aromatic heterocycles. The third-order valence-electron chi connectivity index (χ3n) is 4.82. The minimum absolute atomic E-state index is 0.0116. The first kappa shape index (κ1) is 17.3. The van der Waals surface area contributed by atoms with Crippen molar-refractivity contribution < 1.29 is 4.92 Å². The third kappa shape index (κ3) is 2.90. The van der Waals surface area contributed by atoms with Crippen molar-refractivity contribution in [1.29, 1.82) is 0 Å². The summed E-state index contributed by atoms with van der Waals surface area (Å²) >= 11 is 6.04. The number of hydrogen-bond donors (Lipinski definition) is 0. The Bertz CT molecular complexity index is 1390. The van der Waals surface area contributed by atoms with Gasteiger partial charge in [0.25, 0.3) is 5.69 Å². The van der Waals surface area contributed by atoms with Crippen LogP contribution in [0.5, 0.6) is 0 Å². The third-order valence-corrected chi connectivity index (χ3v) is 5.07. The molecule has 0 N–H and O–H groups in total.